The normalized spacial score (nSPS) is 20.7. The molecule has 1 aromatic heterocycles. The molecular formula is C62H78N10O13S4. The standard InChI is InChI=1S/C62H78N10O13S4/c1-36(73)53-60(83)71-50(59(82)70-49(54(63)77)34-88-89-52-20-12-14-27-64-52)35-87-86-33-48(69-57(80)46(66-37(2)74)30-38-15-7-6-8-16-38)51(76)32-42(29-39-21-25-43(75)26-22-39)55(78)68-47(31-41-24-23-40-17-9-10-18-44(40)41)58(81)67-45(56(79)72-53)19-11-13-28-65-61(84)85-62(3,4)5/h6-10,12,14-18,20-22,24-27,36,42,45-50,53,73,75H,11,13,19,23,28-35H2,1-5H3,(H2,63,77)(H,65,84)(H,66,74)(H,67,81)(H,68,78)(H,69,80)(H,70,82)(H,71,83)(H,72,79)/t36-,42-,45+,46-,47-,48+,49-,50+,53+/m1/s1. The number of phenolic OH excluding ortho intramolecular Hbond substituents is 1. The summed E-state index contributed by atoms with van der Waals surface area (Å²) in [6, 6.07) is 17.6. The molecular weight excluding hydrogens is 1220 g/mol. The summed E-state index contributed by atoms with van der Waals surface area (Å²) in [6.07, 6.45) is 1.41. The zero-order valence-electron chi connectivity index (χ0n) is 50.1. The first-order chi connectivity index (χ1) is 42.4. The molecule has 89 heavy (non-hydrogen) atoms. The van der Waals surface area contributed by atoms with E-state index in [0.29, 0.717) is 28.1 Å². The average Bonchev–Trinajstić information content (AvgIpc) is 3.74. The molecule has 2 heterocycles. The third-order valence-electron chi connectivity index (χ3n) is 14.1. The highest BCUT2D eigenvalue weighted by Crippen LogP contribution is 2.32. The van der Waals surface area contributed by atoms with Crippen molar-refractivity contribution in [1.29, 1.82) is 0 Å². The Morgan fingerprint density at radius 2 is 1.46 bits per heavy atom. The summed E-state index contributed by atoms with van der Waals surface area (Å²) < 4.78 is 5.36. The smallest absolute Gasteiger partial charge is 0.407 e. The number of carbonyl (C=O) groups is 10. The number of primary amides is 1. The molecule has 1 saturated heterocycles. The Morgan fingerprint density at radius 3 is 2.15 bits per heavy atom. The number of nitrogens with two attached hydrogens (primary N) is 1. The number of aromatic hydroxyl groups is 1. The lowest BCUT2D eigenvalue weighted by molar-refractivity contribution is -0.137. The molecule has 0 unspecified atom stereocenters. The van der Waals surface area contributed by atoms with Crippen LogP contribution in [0.3, 0.4) is 0 Å². The lowest BCUT2D eigenvalue weighted by atomic mass is 9.90. The number of Topliss-reactive ketones (excluding diaryl/α,β-unsaturated/α-hetero) is 1. The molecule has 12 N–H and O–H groups in total. The number of hydrogen-bond acceptors (Lipinski definition) is 18. The Bertz CT molecular complexity index is 3140. The van der Waals surface area contributed by atoms with Crippen molar-refractivity contribution in [3.63, 3.8) is 0 Å². The molecule has 27 heteroatoms. The maximum Gasteiger partial charge on any atom is 0.407 e. The van der Waals surface area contributed by atoms with Crippen LogP contribution in [0.5, 0.6) is 5.75 Å². The van der Waals surface area contributed by atoms with Gasteiger partial charge in [-0.15, -0.1) is 0 Å². The van der Waals surface area contributed by atoms with Gasteiger partial charge in [-0.3, -0.25) is 43.2 Å². The lowest BCUT2D eigenvalue weighted by Crippen LogP contribution is -2.61. The fraction of sp³-hybridized carbons (Fsp3) is 0.435. The van der Waals surface area contributed by atoms with Crippen molar-refractivity contribution in [2.24, 2.45) is 11.7 Å². The van der Waals surface area contributed by atoms with Gasteiger partial charge in [-0.1, -0.05) is 111 Å². The summed E-state index contributed by atoms with van der Waals surface area (Å²) in [5.74, 6) is -9.09. The second-order valence-corrected chi connectivity index (χ2v) is 27.4. The van der Waals surface area contributed by atoms with Crippen molar-refractivity contribution in [2.75, 3.05) is 23.8 Å². The number of rotatable bonds is 22. The highest BCUT2D eigenvalue weighted by Gasteiger charge is 2.37. The van der Waals surface area contributed by atoms with Crippen LogP contribution in [0.15, 0.2) is 114 Å². The molecule has 2 aliphatic rings. The van der Waals surface area contributed by atoms with Crippen molar-refractivity contribution >= 4 is 108 Å². The number of benzene rings is 3. The number of nitrogens with zero attached hydrogens (tertiary/aromatic N) is 1. The van der Waals surface area contributed by atoms with Crippen molar-refractivity contribution in [3.8, 4) is 5.75 Å². The molecule has 0 spiro atoms. The van der Waals surface area contributed by atoms with E-state index in [-0.39, 0.29) is 68.1 Å². The summed E-state index contributed by atoms with van der Waals surface area (Å²) in [6.45, 7) is 7.71. The Labute approximate surface area is 533 Å². The number of alkyl carbamates (subject to hydrolysis) is 1. The zero-order chi connectivity index (χ0) is 64.6. The number of allylic oxidation sites excluding steroid dienone is 1. The number of aromatic nitrogens is 1. The number of aliphatic hydroxyl groups excluding tert-OH is 1. The number of hydrogen-bond donors (Lipinski definition) is 11. The maximum atomic E-state index is 15.1. The molecule has 23 nitrogen and oxygen atoms in total. The van der Waals surface area contributed by atoms with Crippen molar-refractivity contribution < 1.29 is 62.9 Å². The fourth-order valence-electron chi connectivity index (χ4n) is 9.50. The molecule has 0 saturated carbocycles. The van der Waals surface area contributed by atoms with Gasteiger partial charge in [-0.25, -0.2) is 9.78 Å². The monoisotopic (exact) mass is 1300 g/mol. The van der Waals surface area contributed by atoms with E-state index in [1.807, 2.05) is 30.3 Å². The number of carbonyl (C=O) groups excluding carboxylic acids is 10. The fourth-order valence-corrected chi connectivity index (χ4v) is 13.9. The molecule has 478 valence electrons. The second kappa shape index (κ2) is 35.0. The highest BCUT2D eigenvalue weighted by atomic mass is 33.1. The van der Waals surface area contributed by atoms with E-state index in [0.717, 1.165) is 32.7 Å². The number of pyridine rings is 1. The first-order valence-electron chi connectivity index (χ1n) is 29.0. The third kappa shape index (κ3) is 23.7. The Morgan fingerprint density at radius 1 is 0.775 bits per heavy atom. The van der Waals surface area contributed by atoms with Gasteiger partial charge in [0, 0.05) is 62.1 Å². The first kappa shape index (κ1) is 70.5. The van der Waals surface area contributed by atoms with Gasteiger partial charge >= 0.3 is 6.09 Å². The molecule has 3 aromatic carbocycles. The summed E-state index contributed by atoms with van der Waals surface area (Å²) >= 11 is 0. The summed E-state index contributed by atoms with van der Waals surface area (Å²) in [5, 5.41) is 43.7. The van der Waals surface area contributed by atoms with Crippen LogP contribution >= 0.6 is 43.2 Å². The SMILES string of the molecule is CC(=O)N[C@H](Cc1ccccc1)C(=O)N[C@H]1CSSC[C@@H](C(=O)N[C@H](CSSc2ccccn2)C(N)=O)NC(=O)[C@H]([C@@H](C)O)NC(=O)[C@H](CCCCNC(=O)OC(C)(C)C)NC(=O)[C@@H](CC2=CCc3ccccc32)NC(=O)[C@H](Cc2ccc(O)cc2)CC1=O. The van der Waals surface area contributed by atoms with Crippen molar-refractivity contribution in [1.82, 2.24) is 47.5 Å². The molecule has 4 aromatic rings. The Balaban J connectivity index is 1.40. The summed E-state index contributed by atoms with van der Waals surface area (Å²) in [7, 11) is 4.40. The number of nitrogens with one attached hydrogen (secondary N) is 8. The van der Waals surface area contributed by atoms with Gasteiger partial charge in [-0.05, 0) is 123 Å². The van der Waals surface area contributed by atoms with Crippen LogP contribution in [0, 0.1) is 5.92 Å². The van der Waals surface area contributed by atoms with Crippen LogP contribution in [0.2, 0.25) is 0 Å². The topological polar surface area (TPSA) is 356 Å². The number of aliphatic hydroxyl groups is 1. The highest BCUT2D eigenvalue weighted by molar-refractivity contribution is 8.77. The van der Waals surface area contributed by atoms with Crippen molar-refractivity contribution in [3.05, 3.63) is 132 Å². The second-order valence-electron chi connectivity index (χ2n) is 22.4. The number of unbranched alkanes of at least 4 members (excludes halogenated alkanes) is 1. The number of amides is 9. The van der Waals surface area contributed by atoms with Gasteiger partial charge in [0.15, 0.2) is 5.78 Å². The van der Waals surface area contributed by atoms with Crippen molar-refractivity contribution in [2.45, 2.75) is 145 Å². The van der Waals surface area contributed by atoms with E-state index in [2.05, 4.69) is 47.5 Å². The predicted octanol–water partition coefficient (Wildman–Crippen LogP) is 3.99. The minimum Gasteiger partial charge on any atom is -0.508 e. The number of ketones is 1. The van der Waals surface area contributed by atoms with Gasteiger partial charge in [-0.2, -0.15) is 0 Å². The van der Waals surface area contributed by atoms with Crippen LogP contribution < -0.4 is 48.3 Å². The van der Waals surface area contributed by atoms with Crippen LogP contribution in [0.1, 0.15) is 89.0 Å². The van der Waals surface area contributed by atoms with Crippen LogP contribution in [0.25, 0.3) is 5.57 Å². The quantitative estimate of drug-likeness (QED) is 0.0391. The van der Waals surface area contributed by atoms with Gasteiger partial charge in [0.1, 0.15) is 52.6 Å². The Hall–Kier alpha value is -7.59. The van der Waals surface area contributed by atoms with Crippen LogP contribution in [-0.4, -0.2) is 152 Å². The average molecular weight is 1300 g/mol. The molecule has 1 fully saturated rings. The van der Waals surface area contributed by atoms with E-state index in [1.165, 1.54) is 47.6 Å². The largest absolute Gasteiger partial charge is 0.508 e. The summed E-state index contributed by atoms with van der Waals surface area (Å²) in [5.41, 5.74) is 8.73. The lowest BCUT2D eigenvalue weighted by Gasteiger charge is -2.29. The van der Waals surface area contributed by atoms with E-state index in [4.69, 9.17) is 10.5 Å². The van der Waals surface area contributed by atoms with Crippen LogP contribution in [-0.2, 0) is 67.2 Å². The maximum absolute atomic E-state index is 15.1. The zero-order valence-corrected chi connectivity index (χ0v) is 53.4. The molecule has 1 aliphatic heterocycles. The van der Waals surface area contributed by atoms with Gasteiger partial charge in [0.25, 0.3) is 0 Å². The molecule has 1 aliphatic carbocycles. The number of fused-ring (bicyclic) bond motifs is 1. The molecule has 0 bridgehead atoms. The van der Waals surface area contributed by atoms with Crippen LogP contribution in [0.4, 0.5) is 4.79 Å². The van der Waals surface area contributed by atoms with E-state index in [1.54, 1.807) is 87.6 Å². The predicted molar refractivity (Wildman–Crippen MR) is 343 cm³/mol. The van der Waals surface area contributed by atoms with E-state index < -0.39 is 125 Å². The Kier molecular flexibility index (Phi) is 27.7. The van der Waals surface area contributed by atoms with Gasteiger partial charge in [0.05, 0.1) is 12.1 Å². The third-order valence-corrected chi connectivity index (χ3v) is 18.7. The minimum atomic E-state index is -1.77. The molecule has 9 amide bonds. The first-order valence-corrected chi connectivity index (χ1v) is 33.8. The van der Waals surface area contributed by atoms with Gasteiger partial charge < -0.3 is 63.2 Å². The molecule has 0 radical (unpaired) electrons. The van der Waals surface area contributed by atoms with Gasteiger partial charge in [0.2, 0.25) is 47.3 Å². The molecule has 9 atom stereocenters. The summed E-state index contributed by atoms with van der Waals surface area (Å²) in [4.78, 5) is 146. The van der Waals surface area contributed by atoms with E-state index >= 15 is 14.4 Å². The minimum absolute atomic E-state index is 0.0356. The number of ether oxygens (including phenoxy) is 1. The van der Waals surface area contributed by atoms with E-state index in [9.17, 15) is 43.8 Å². The number of phenols is 1. The molecule has 6 rings (SSSR count).